The maximum absolute atomic E-state index is 10.7. The van der Waals surface area contributed by atoms with E-state index >= 15 is 0 Å². The highest BCUT2D eigenvalue weighted by atomic mass is 32.2. The lowest BCUT2D eigenvalue weighted by Crippen LogP contribution is -2.26. The van der Waals surface area contributed by atoms with Crippen molar-refractivity contribution in [2.24, 2.45) is 0 Å². The molecule has 1 heterocycles. The Morgan fingerprint density at radius 2 is 2.33 bits per heavy atom. The van der Waals surface area contributed by atoms with Crippen molar-refractivity contribution in [2.45, 2.75) is 13.0 Å². The van der Waals surface area contributed by atoms with Gasteiger partial charge in [0.15, 0.2) is 5.82 Å². The summed E-state index contributed by atoms with van der Waals surface area (Å²) in [5.74, 6) is 0.320. The Hall–Kier alpha value is -0.950. The standard InChI is InChI=1S/C5H9N3O3S/c1-4(8-12(2,9)10)5-6-3-11-7-5/h3-4,8H,1-2H3. The highest BCUT2D eigenvalue weighted by Gasteiger charge is 2.14. The zero-order valence-electron chi connectivity index (χ0n) is 6.68. The van der Waals surface area contributed by atoms with Crippen molar-refractivity contribution in [1.29, 1.82) is 0 Å². The predicted octanol–water partition coefficient (Wildman–Crippen LogP) is -0.320. The molecule has 1 unspecified atom stereocenters. The fraction of sp³-hybridized carbons (Fsp3) is 0.600. The lowest BCUT2D eigenvalue weighted by molar-refractivity contribution is 0.404. The van der Waals surface area contributed by atoms with Gasteiger partial charge >= 0.3 is 0 Å². The molecule has 7 heteroatoms. The molecule has 68 valence electrons. The Kier molecular flexibility index (Phi) is 2.43. The summed E-state index contributed by atoms with van der Waals surface area (Å²) in [5, 5.41) is 3.49. The van der Waals surface area contributed by atoms with E-state index in [1.807, 2.05) is 0 Å². The van der Waals surface area contributed by atoms with E-state index in [4.69, 9.17) is 0 Å². The van der Waals surface area contributed by atoms with E-state index in [1.54, 1.807) is 6.92 Å². The van der Waals surface area contributed by atoms with Gasteiger partial charge < -0.3 is 4.52 Å². The number of nitrogens with zero attached hydrogens (tertiary/aromatic N) is 2. The molecule has 0 saturated heterocycles. The highest BCUT2D eigenvalue weighted by Crippen LogP contribution is 2.05. The molecular weight excluding hydrogens is 182 g/mol. The molecular formula is C5H9N3O3S. The normalized spacial score (nSPS) is 14.5. The van der Waals surface area contributed by atoms with Crippen LogP contribution in [-0.2, 0) is 10.0 Å². The van der Waals surface area contributed by atoms with Crippen LogP contribution in [0.2, 0.25) is 0 Å². The SMILES string of the molecule is CC(NS(C)(=O)=O)c1ncon1. The Morgan fingerprint density at radius 1 is 1.67 bits per heavy atom. The highest BCUT2D eigenvalue weighted by molar-refractivity contribution is 7.88. The summed E-state index contributed by atoms with van der Waals surface area (Å²) in [6, 6.07) is -0.459. The van der Waals surface area contributed by atoms with Crippen LogP contribution in [0, 0.1) is 0 Å². The van der Waals surface area contributed by atoms with Crippen molar-refractivity contribution in [3.8, 4) is 0 Å². The lowest BCUT2D eigenvalue weighted by Gasteiger charge is -2.05. The Bertz CT molecular complexity index is 331. The first-order valence-electron chi connectivity index (χ1n) is 3.22. The van der Waals surface area contributed by atoms with Crippen LogP contribution in [0.1, 0.15) is 18.8 Å². The summed E-state index contributed by atoms with van der Waals surface area (Å²) in [6.07, 6.45) is 2.22. The number of sulfonamides is 1. The maximum Gasteiger partial charge on any atom is 0.213 e. The molecule has 0 aliphatic heterocycles. The zero-order chi connectivity index (χ0) is 9.19. The van der Waals surface area contributed by atoms with Gasteiger partial charge in [-0.1, -0.05) is 5.16 Å². The molecule has 0 radical (unpaired) electrons. The molecule has 12 heavy (non-hydrogen) atoms. The second kappa shape index (κ2) is 3.20. The average Bonchev–Trinajstić information content (AvgIpc) is 2.32. The fourth-order valence-corrected chi connectivity index (χ4v) is 1.49. The summed E-state index contributed by atoms with van der Waals surface area (Å²) in [6.45, 7) is 1.63. The number of nitrogens with one attached hydrogen (secondary N) is 1. The van der Waals surface area contributed by atoms with E-state index < -0.39 is 16.1 Å². The number of aromatic nitrogens is 2. The largest absolute Gasteiger partial charge is 0.343 e. The molecule has 1 atom stereocenters. The smallest absolute Gasteiger partial charge is 0.213 e. The summed E-state index contributed by atoms with van der Waals surface area (Å²) >= 11 is 0. The lowest BCUT2D eigenvalue weighted by atomic mass is 10.3. The second-order valence-electron chi connectivity index (χ2n) is 2.40. The number of hydrogen-bond acceptors (Lipinski definition) is 5. The zero-order valence-corrected chi connectivity index (χ0v) is 7.50. The van der Waals surface area contributed by atoms with Crippen molar-refractivity contribution >= 4 is 10.0 Å². The molecule has 0 aliphatic carbocycles. The van der Waals surface area contributed by atoms with Gasteiger partial charge in [-0.05, 0) is 6.92 Å². The van der Waals surface area contributed by atoms with E-state index in [9.17, 15) is 8.42 Å². The van der Waals surface area contributed by atoms with E-state index in [2.05, 4.69) is 19.4 Å². The van der Waals surface area contributed by atoms with Gasteiger partial charge in [0.2, 0.25) is 16.4 Å². The van der Waals surface area contributed by atoms with Gasteiger partial charge in [0.25, 0.3) is 0 Å². The van der Waals surface area contributed by atoms with Crippen LogP contribution < -0.4 is 4.72 Å². The van der Waals surface area contributed by atoms with Gasteiger partial charge in [0.1, 0.15) is 0 Å². The molecule has 0 amide bonds. The minimum Gasteiger partial charge on any atom is -0.343 e. The first-order valence-corrected chi connectivity index (χ1v) is 5.12. The van der Waals surface area contributed by atoms with Gasteiger partial charge in [0.05, 0.1) is 12.3 Å². The van der Waals surface area contributed by atoms with Crippen LogP contribution in [0.4, 0.5) is 0 Å². The van der Waals surface area contributed by atoms with Crippen LogP contribution in [-0.4, -0.2) is 24.8 Å². The quantitative estimate of drug-likeness (QED) is 0.707. The minimum atomic E-state index is -3.22. The third-order valence-corrected chi connectivity index (χ3v) is 1.94. The van der Waals surface area contributed by atoms with Crippen LogP contribution in [0.3, 0.4) is 0 Å². The first kappa shape index (κ1) is 9.14. The first-order chi connectivity index (χ1) is 5.49. The fourth-order valence-electron chi connectivity index (χ4n) is 0.743. The maximum atomic E-state index is 10.7. The molecule has 0 aromatic carbocycles. The molecule has 1 aromatic rings. The second-order valence-corrected chi connectivity index (χ2v) is 4.18. The summed E-state index contributed by atoms with van der Waals surface area (Å²) in [4.78, 5) is 3.70. The van der Waals surface area contributed by atoms with Crippen LogP contribution in [0.5, 0.6) is 0 Å². The Morgan fingerprint density at radius 3 is 2.75 bits per heavy atom. The monoisotopic (exact) mass is 191 g/mol. The van der Waals surface area contributed by atoms with Crippen LogP contribution in [0.25, 0.3) is 0 Å². The van der Waals surface area contributed by atoms with Crippen LogP contribution >= 0.6 is 0 Å². The van der Waals surface area contributed by atoms with Gasteiger partial charge in [-0.2, -0.15) is 4.98 Å². The van der Waals surface area contributed by atoms with Crippen LogP contribution in [0.15, 0.2) is 10.9 Å². The Labute approximate surface area is 70.0 Å². The summed E-state index contributed by atoms with van der Waals surface area (Å²) in [5.41, 5.74) is 0. The van der Waals surface area contributed by atoms with E-state index in [0.717, 1.165) is 12.6 Å². The predicted molar refractivity (Wildman–Crippen MR) is 40.7 cm³/mol. The summed E-state index contributed by atoms with van der Waals surface area (Å²) in [7, 11) is -3.22. The van der Waals surface area contributed by atoms with Crippen molar-refractivity contribution in [1.82, 2.24) is 14.9 Å². The van der Waals surface area contributed by atoms with E-state index in [-0.39, 0.29) is 0 Å². The van der Waals surface area contributed by atoms with Crippen molar-refractivity contribution < 1.29 is 12.9 Å². The molecule has 6 nitrogen and oxygen atoms in total. The average molecular weight is 191 g/mol. The van der Waals surface area contributed by atoms with E-state index in [0.29, 0.717) is 5.82 Å². The number of hydrogen-bond donors (Lipinski definition) is 1. The van der Waals surface area contributed by atoms with Gasteiger partial charge in [0, 0.05) is 0 Å². The molecule has 0 bridgehead atoms. The van der Waals surface area contributed by atoms with Gasteiger partial charge in [-0.25, -0.2) is 13.1 Å². The third kappa shape index (κ3) is 2.59. The summed E-state index contributed by atoms with van der Waals surface area (Å²) < 4.78 is 28.2. The third-order valence-electron chi connectivity index (χ3n) is 1.16. The minimum absolute atomic E-state index is 0.320. The number of rotatable bonds is 3. The Balaban J connectivity index is 2.68. The molecule has 1 rings (SSSR count). The van der Waals surface area contributed by atoms with Crippen molar-refractivity contribution in [3.05, 3.63) is 12.2 Å². The molecule has 1 N–H and O–H groups in total. The topological polar surface area (TPSA) is 85.1 Å². The van der Waals surface area contributed by atoms with Gasteiger partial charge in [-0.15, -0.1) is 0 Å². The van der Waals surface area contributed by atoms with Gasteiger partial charge in [-0.3, -0.25) is 0 Å². The van der Waals surface area contributed by atoms with Crippen molar-refractivity contribution in [3.63, 3.8) is 0 Å². The molecule has 0 saturated carbocycles. The molecule has 1 aromatic heterocycles. The van der Waals surface area contributed by atoms with Crippen molar-refractivity contribution in [2.75, 3.05) is 6.26 Å². The van der Waals surface area contributed by atoms with E-state index in [1.165, 1.54) is 0 Å². The molecule has 0 fully saturated rings. The molecule has 0 spiro atoms. The molecule has 0 aliphatic rings.